The summed E-state index contributed by atoms with van der Waals surface area (Å²) in [5.41, 5.74) is 1.30. The van der Waals surface area contributed by atoms with Crippen molar-refractivity contribution in [3.8, 4) is 0 Å². The van der Waals surface area contributed by atoms with Crippen LogP contribution in [0.4, 0.5) is 10.8 Å². The minimum Gasteiger partial charge on any atom is -0.306 e. The zero-order chi connectivity index (χ0) is 19.0. The lowest BCUT2D eigenvalue weighted by Crippen LogP contribution is -2.35. The molecular formula is C18H24N4O3S2. The highest BCUT2D eigenvalue weighted by Crippen LogP contribution is 2.32. The lowest BCUT2D eigenvalue weighted by atomic mass is 9.96. The molecule has 1 aromatic heterocycles. The molecule has 0 atom stereocenters. The molecule has 9 heteroatoms. The van der Waals surface area contributed by atoms with E-state index in [1.54, 1.807) is 18.2 Å². The van der Waals surface area contributed by atoms with Gasteiger partial charge < -0.3 is 10.2 Å². The van der Waals surface area contributed by atoms with Crippen molar-refractivity contribution in [2.45, 2.75) is 25.7 Å². The van der Waals surface area contributed by atoms with Crippen molar-refractivity contribution in [2.75, 3.05) is 35.9 Å². The maximum Gasteiger partial charge on any atom is 0.232 e. The monoisotopic (exact) mass is 408 g/mol. The molecule has 1 amide bonds. The summed E-state index contributed by atoms with van der Waals surface area (Å²) in [5, 5.41) is 3.49. The summed E-state index contributed by atoms with van der Waals surface area (Å²) in [5.74, 6) is 0.535. The van der Waals surface area contributed by atoms with Gasteiger partial charge >= 0.3 is 0 Å². The van der Waals surface area contributed by atoms with E-state index >= 15 is 0 Å². The second kappa shape index (κ2) is 7.37. The van der Waals surface area contributed by atoms with Gasteiger partial charge in [0.05, 0.1) is 21.7 Å². The molecule has 0 bridgehead atoms. The number of nitrogens with zero attached hydrogens (tertiary/aromatic N) is 2. The Bertz CT molecular complexity index is 945. The van der Waals surface area contributed by atoms with Gasteiger partial charge in [0.25, 0.3) is 0 Å². The number of hydrogen-bond donors (Lipinski definition) is 2. The fourth-order valence-electron chi connectivity index (χ4n) is 3.34. The molecule has 1 aromatic carbocycles. The molecule has 2 N–H and O–H groups in total. The third-order valence-corrected chi connectivity index (χ3v) is 7.52. The number of thiazole rings is 1. The molecule has 2 fully saturated rings. The molecule has 4 rings (SSSR count). The quantitative estimate of drug-likeness (QED) is 0.767. The fraction of sp³-hybridized carbons (Fsp3) is 0.556. The topological polar surface area (TPSA) is 91.4 Å². The molecule has 1 aliphatic carbocycles. The molecule has 27 heavy (non-hydrogen) atoms. The van der Waals surface area contributed by atoms with Crippen LogP contribution < -0.4 is 10.0 Å². The number of sulfonamides is 1. The van der Waals surface area contributed by atoms with E-state index in [9.17, 15) is 13.2 Å². The first-order valence-electron chi connectivity index (χ1n) is 9.28. The fourth-order valence-corrected chi connectivity index (χ4v) is 5.77. The van der Waals surface area contributed by atoms with Gasteiger partial charge in [-0.15, -0.1) is 0 Å². The normalized spacial score (nSPS) is 19.3. The summed E-state index contributed by atoms with van der Waals surface area (Å²) in [4.78, 5) is 19.1. The number of amides is 1. The van der Waals surface area contributed by atoms with Gasteiger partial charge in [0.2, 0.25) is 15.9 Å². The minimum atomic E-state index is -3.31. The van der Waals surface area contributed by atoms with Gasteiger partial charge in [-0.3, -0.25) is 9.52 Å². The van der Waals surface area contributed by atoms with Crippen LogP contribution in [0.3, 0.4) is 0 Å². The highest BCUT2D eigenvalue weighted by Gasteiger charge is 2.28. The van der Waals surface area contributed by atoms with E-state index in [0.717, 1.165) is 49.0 Å². The first kappa shape index (κ1) is 18.6. The number of rotatable bonds is 6. The van der Waals surface area contributed by atoms with Gasteiger partial charge in [-0.05, 0) is 69.9 Å². The molecule has 146 valence electrons. The number of carbonyl (C=O) groups excluding carboxylic acids is 1. The number of piperidine rings is 1. The van der Waals surface area contributed by atoms with Crippen LogP contribution in [0.15, 0.2) is 18.2 Å². The zero-order valence-corrected chi connectivity index (χ0v) is 16.9. The molecule has 1 saturated carbocycles. The molecule has 2 heterocycles. The van der Waals surface area contributed by atoms with E-state index in [4.69, 9.17) is 0 Å². The lowest BCUT2D eigenvalue weighted by Gasteiger charge is -2.27. The van der Waals surface area contributed by atoms with E-state index < -0.39 is 10.0 Å². The second-order valence-electron chi connectivity index (χ2n) is 7.60. The predicted octanol–water partition coefficient (Wildman–Crippen LogP) is 2.73. The SMILES string of the molecule is CN1CCC(C(=O)Nc2nc3ccc(NS(=O)(=O)CC4CC4)cc3s2)CC1. The summed E-state index contributed by atoms with van der Waals surface area (Å²) in [6, 6.07) is 5.28. The van der Waals surface area contributed by atoms with E-state index in [0.29, 0.717) is 16.7 Å². The van der Waals surface area contributed by atoms with Crippen LogP contribution in [-0.2, 0) is 14.8 Å². The number of nitrogens with one attached hydrogen (secondary N) is 2. The average molecular weight is 409 g/mol. The Hall–Kier alpha value is -1.71. The van der Waals surface area contributed by atoms with Crippen LogP contribution in [0, 0.1) is 11.8 Å². The van der Waals surface area contributed by atoms with Gasteiger partial charge in [0.15, 0.2) is 5.13 Å². The third kappa shape index (κ3) is 4.77. The smallest absolute Gasteiger partial charge is 0.232 e. The Morgan fingerprint density at radius 3 is 2.70 bits per heavy atom. The summed E-state index contributed by atoms with van der Waals surface area (Å²) in [6.45, 7) is 1.87. The number of fused-ring (bicyclic) bond motifs is 1. The number of carbonyl (C=O) groups is 1. The summed E-state index contributed by atoms with van der Waals surface area (Å²) in [6.07, 6.45) is 3.71. The summed E-state index contributed by atoms with van der Waals surface area (Å²) in [7, 11) is -1.24. The van der Waals surface area contributed by atoms with Crippen LogP contribution >= 0.6 is 11.3 Å². The Labute approximate surface area is 163 Å². The maximum absolute atomic E-state index is 12.5. The van der Waals surface area contributed by atoms with Crippen molar-refractivity contribution in [1.82, 2.24) is 9.88 Å². The van der Waals surface area contributed by atoms with Crippen molar-refractivity contribution in [3.63, 3.8) is 0 Å². The highest BCUT2D eigenvalue weighted by molar-refractivity contribution is 7.92. The van der Waals surface area contributed by atoms with E-state index in [-0.39, 0.29) is 17.6 Å². The van der Waals surface area contributed by atoms with E-state index in [1.165, 1.54) is 11.3 Å². The van der Waals surface area contributed by atoms with Crippen LogP contribution in [0.2, 0.25) is 0 Å². The third-order valence-electron chi connectivity index (χ3n) is 5.13. The van der Waals surface area contributed by atoms with Crippen LogP contribution in [0.5, 0.6) is 0 Å². The standard InChI is InChI=1S/C18H24N4O3S2/c1-22-8-6-13(7-9-22)17(23)20-18-19-15-5-4-14(10-16(15)26-18)21-27(24,25)11-12-2-3-12/h4-5,10,12-13,21H,2-3,6-9,11H2,1H3,(H,19,20,23). The Balaban J connectivity index is 1.43. The van der Waals surface area contributed by atoms with Crippen molar-refractivity contribution in [3.05, 3.63) is 18.2 Å². The van der Waals surface area contributed by atoms with Crippen LogP contribution in [0.25, 0.3) is 10.2 Å². The molecule has 0 unspecified atom stereocenters. The molecule has 2 aromatic rings. The molecule has 1 saturated heterocycles. The molecule has 1 aliphatic heterocycles. The van der Waals surface area contributed by atoms with Gasteiger partial charge in [0.1, 0.15) is 0 Å². The van der Waals surface area contributed by atoms with Crippen LogP contribution in [-0.4, -0.2) is 50.1 Å². The number of likely N-dealkylation sites (tertiary alicyclic amines) is 1. The number of benzene rings is 1. The molecule has 0 radical (unpaired) electrons. The highest BCUT2D eigenvalue weighted by atomic mass is 32.2. The summed E-state index contributed by atoms with van der Waals surface area (Å²) >= 11 is 1.37. The lowest BCUT2D eigenvalue weighted by molar-refractivity contribution is -0.121. The largest absolute Gasteiger partial charge is 0.306 e. The average Bonchev–Trinajstić information content (AvgIpc) is 3.31. The van der Waals surface area contributed by atoms with Crippen molar-refractivity contribution in [2.24, 2.45) is 11.8 Å². The van der Waals surface area contributed by atoms with Gasteiger partial charge in [-0.1, -0.05) is 11.3 Å². The number of aromatic nitrogens is 1. The second-order valence-corrected chi connectivity index (χ2v) is 10.4. The molecule has 0 spiro atoms. The Kier molecular flexibility index (Phi) is 5.09. The number of hydrogen-bond acceptors (Lipinski definition) is 6. The van der Waals surface area contributed by atoms with Crippen molar-refractivity contribution < 1.29 is 13.2 Å². The molecular weight excluding hydrogens is 384 g/mol. The van der Waals surface area contributed by atoms with Crippen molar-refractivity contribution >= 4 is 48.3 Å². The first-order chi connectivity index (χ1) is 12.9. The zero-order valence-electron chi connectivity index (χ0n) is 15.3. The minimum absolute atomic E-state index is 0.0208. The molecule has 7 nitrogen and oxygen atoms in total. The van der Waals surface area contributed by atoms with Gasteiger partial charge in [-0.2, -0.15) is 0 Å². The van der Waals surface area contributed by atoms with E-state index in [2.05, 4.69) is 27.0 Å². The predicted molar refractivity (Wildman–Crippen MR) is 109 cm³/mol. The maximum atomic E-state index is 12.5. The first-order valence-corrected chi connectivity index (χ1v) is 11.8. The Morgan fingerprint density at radius 1 is 1.26 bits per heavy atom. The van der Waals surface area contributed by atoms with Crippen molar-refractivity contribution in [1.29, 1.82) is 0 Å². The summed E-state index contributed by atoms with van der Waals surface area (Å²) < 4.78 is 27.8. The van der Waals surface area contributed by atoms with Gasteiger partial charge in [0, 0.05) is 5.92 Å². The van der Waals surface area contributed by atoms with E-state index in [1.807, 2.05) is 0 Å². The van der Waals surface area contributed by atoms with Crippen LogP contribution in [0.1, 0.15) is 25.7 Å². The number of anilines is 2. The molecule has 2 aliphatic rings. The Morgan fingerprint density at radius 2 is 2.00 bits per heavy atom. The van der Waals surface area contributed by atoms with Gasteiger partial charge in [-0.25, -0.2) is 13.4 Å².